The third-order valence-electron chi connectivity index (χ3n) is 4.57. The number of nitrogens with one attached hydrogen (secondary N) is 1. The van der Waals surface area contributed by atoms with Crippen molar-refractivity contribution >= 4 is 17.8 Å². The minimum Gasteiger partial charge on any atom is -0.326 e. The van der Waals surface area contributed by atoms with Crippen molar-refractivity contribution < 1.29 is 4.79 Å². The molecule has 1 aromatic carbocycles. The summed E-state index contributed by atoms with van der Waals surface area (Å²) in [6.45, 7) is 0.855. The molecule has 1 heterocycles. The van der Waals surface area contributed by atoms with Crippen molar-refractivity contribution in [2.75, 3.05) is 11.9 Å². The molecule has 1 aromatic heterocycles. The third kappa shape index (κ3) is 4.75. The molecule has 1 saturated carbocycles. The number of hydrogen-bond donors (Lipinski definition) is 1. The lowest BCUT2D eigenvalue weighted by molar-refractivity contribution is -0.121. The number of carbonyl (C=O) groups excluding carboxylic acids is 1. The van der Waals surface area contributed by atoms with Gasteiger partial charge in [-0.1, -0.05) is 30.3 Å². The van der Waals surface area contributed by atoms with Gasteiger partial charge in [0.1, 0.15) is 0 Å². The molecule has 0 saturated heterocycles. The first-order valence-corrected chi connectivity index (χ1v) is 8.57. The summed E-state index contributed by atoms with van der Waals surface area (Å²) < 4.78 is 0. The van der Waals surface area contributed by atoms with Crippen molar-refractivity contribution in [2.45, 2.75) is 25.7 Å². The smallest absolute Gasteiger partial charge is 0.227 e. The molecular weight excluding hydrogens is 298 g/mol. The van der Waals surface area contributed by atoms with Crippen molar-refractivity contribution in [3.63, 3.8) is 0 Å². The molecule has 4 heteroatoms. The predicted octanol–water partition coefficient (Wildman–Crippen LogP) is 3.95. The molecular formula is C20H23N3O. The molecule has 4 nitrogen and oxygen atoms in total. The highest BCUT2D eigenvalue weighted by Crippen LogP contribution is 2.29. The largest absolute Gasteiger partial charge is 0.326 e. The van der Waals surface area contributed by atoms with E-state index in [9.17, 15) is 4.79 Å². The maximum absolute atomic E-state index is 12.3. The van der Waals surface area contributed by atoms with E-state index in [4.69, 9.17) is 0 Å². The number of benzene rings is 1. The van der Waals surface area contributed by atoms with Crippen molar-refractivity contribution in [3.05, 3.63) is 60.4 Å². The van der Waals surface area contributed by atoms with E-state index in [1.54, 1.807) is 12.4 Å². The average Bonchev–Trinajstić information content (AvgIpc) is 2.64. The van der Waals surface area contributed by atoms with E-state index < -0.39 is 0 Å². The predicted molar refractivity (Wildman–Crippen MR) is 97.2 cm³/mol. The zero-order valence-corrected chi connectivity index (χ0v) is 13.8. The second-order valence-corrected chi connectivity index (χ2v) is 6.35. The lowest BCUT2D eigenvalue weighted by Gasteiger charge is -2.26. The fraction of sp³-hybridized carbons (Fsp3) is 0.350. The Balaban J connectivity index is 1.42. The maximum atomic E-state index is 12.3. The topological polar surface area (TPSA) is 54.4 Å². The normalized spacial score (nSPS) is 20.8. The Morgan fingerprint density at radius 3 is 2.50 bits per heavy atom. The number of nitrogens with zero attached hydrogens (tertiary/aromatic N) is 2. The molecule has 1 aliphatic rings. The number of anilines is 1. The fourth-order valence-electron chi connectivity index (χ4n) is 3.13. The number of aromatic nitrogens is 1. The molecule has 0 aliphatic heterocycles. The lowest BCUT2D eigenvalue weighted by Crippen LogP contribution is -2.27. The van der Waals surface area contributed by atoms with Gasteiger partial charge in [-0.15, -0.1) is 0 Å². The van der Waals surface area contributed by atoms with E-state index in [1.807, 2.05) is 36.5 Å². The Hall–Kier alpha value is -2.49. The third-order valence-corrected chi connectivity index (χ3v) is 4.57. The number of hydrogen-bond acceptors (Lipinski definition) is 3. The van der Waals surface area contributed by atoms with Crippen LogP contribution in [0.3, 0.4) is 0 Å². The van der Waals surface area contributed by atoms with Crippen LogP contribution in [0.15, 0.2) is 59.9 Å². The lowest BCUT2D eigenvalue weighted by atomic mass is 9.81. The van der Waals surface area contributed by atoms with Gasteiger partial charge in [-0.3, -0.25) is 14.8 Å². The molecule has 3 rings (SSSR count). The van der Waals surface area contributed by atoms with E-state index in [0.717, 1.165) is 43.5 Å². The molecule has 1 N–H and O–H groups in total. The van der Waals surface area contributed by atoms with Crippen LogP contribution in [0.4, 0.5) is 5.69 Å². The Kier molecular flexibility index (Phi) is 5.72. The van der Waals surface area contributed by atoms with Gasteiger partial charge in [-0.2, -0.15) is 0 Å². The number of aliphatic imine (C=N–C) groups is 1. The van der Waals surface area contributed by atoms with E-state index in [-0.39, 0.29) is 11.8 Å². The van der Waals surface area contributed by atoms with Gasteiger partial charge in [0.15, 0.2) is 0 Å². The summed E-state index contributed by atoms with van der Waals surface area (Å²) in [4.78, 5) is 20.8. The monoisotopic (exact) mass is 321 g/mol. The van der Waals surface area contributed by atoms with Crippen LogP contribution in [0.5, 0.6) is 0 Å². The van der Waals surface area contributed by atoms with Gasteiger partial charge in [0.25, 0.3) is 0 Å². The zero-order chi connectivity index (χ0) is 16.6. The molecule has 24 heavy (non-hydrogen) atoms. The van der Waals surface area contributed by atoms with Crippen LogP contribution in [0.25, 0.3) is 0 Å². The van der Waals surface area contributed by atoms with Gasteiger partial charge >= 0.3 is 0 Å². The number of rotatable bonds is 5. The van der Waals surface area contributed by atoms with Crippen molar-refractivity contribution in [1.82, 2.24) is 4.98 Å². The second kappa shape index (κ2) is 8.39. The van der Waals surface area contributed by atoms with Crippen LogP contribution in [-0.2, 0) is 4.79 Å². The van der Waals surface area contributed by atoms with Crippen molar-refractivity contribution in [3.8, 4) is 0 Å². The highest BCUT2D eigenvalue weighted by Gasteiger charge is 2.26. The van der Waals surface area contributed by atoms with Crippen molar-refractivity contribution in [2.24, 2.45) is 16.8 Å². The van der Waals surface area contributed by atoms with Gasteiger partial charge < -0.3 is 5.32 Å². The zero-order valence-electron chi connectivity index (χ0n) is 13.8. The van der Waals surface area contributed by atoms with E-state index in [1.165, 1.54) is 0 Å². The average molecular weight is 321 g/mol. The summed E-state index contributed by atoms with van der Waals surface area (Å²) in [7, 11) is 0. The Morgan fingerprint density at radius 1 is 1.08 bits per heavy atom. The molecule has 0 radical (unpaired) electrons. The first-order valence-electron chi connectivity index (χ1n) is 8.57. The van der Waals surface area contributed by atoms with Gasteiger partial charge in [0.2, 0.25) is 5.91 Å². The second-order valence-electron chi connectivity index (χ2n) is 6.35. The fourth-order valence-corrected chi connectivity index (χ4v) is 3.13. The number of carbonyl (C=O) groups is 1. The Morgan fingerprint density at radius 2 is 1.79 bits per heavy atom. The van der Waals surface area contributed by atoms with E-state index in [2.05, 4.69) is 27.4 Å². The molecule has 124 valence electrons. The SMILES string of the molecule is O=C(Nc1ccncc1)C1CCC(CN=Cc2ccccc2)CC1. The summed E-state index contributed by atoms with van der Waals surface area (Å²) in [5.74, 6) is 0.842. The van der Waals surface area contributed by atoms with E-state index >= 15 is 0 Å². The molecule has 1 fully saturated rings. The molecule has 0 spiro atoms. The van der Waals surface area contributed by atoms with Gasteiger partial charge in [0, 0.05) is 36.8 Å². The summed E-state index contributed by atoms with van der Waals surface area (Å²) in [6, 6.07) is 13.8. The quantitative estimate of drug-likeness (QED) is 0.848. The first kappa shape index (κ1) is 16.4. The van der Waals surface area contributed by atoms with Crippen LogP contribution >= 0.6 is 0 Å². The highest BCUT2D eigenvalue weighted by atomic mass is 16.1. The summed E-state index contributed by atoms with van der Waals surface area (Å²) in [5.41, 5.74) is 1.97. The van der Waals surface area contributed by atoms with E-state index in [0.29, 0.717) is 5.92 Å². The van der Waals surface area contributed by atoms with Crippen LogP contribution < -0.4 is 5.32 Å². The van der Waals surface area contributed by atoms with Gasteiger partial charge in [-0.25, -0.2) is 0 Å². The highest BCUT2D eigenvalue weighted by molar-refractivity contribution is 5.92. The maximum Gasteiger partial charge on any atom is 0.227 e. The molecule has 1 amide bonds. The minimum atomic E-state index is 0.118. The first-order chi connectivity index (χ1) is 11.8. The number of pyridine rings is 1. The van der Waals surface area contributed by atoms with Crippen LogP contribution in [-0.4, -0.2) is 23.7 Å². The Labute approximate surface area is 143 Å². The van der Waals surface area contributed by atoms with Crippen LogP contribution in [0.1, 0.15) is 31.2 Å². The summed E-state index contributed by atoms with van der Waals surface area (Å²) in [5, 5.41) is 2.98. The van der Waals surface area contributed by atoms with Gasteiger partial charge in [0.05, 0.1) is 0 Å². The van der Waals surface area contributed by atoms with Gasteiger partial charge in [-0.05, 0) is 49.3 Å². The van der Waals surface area contributed by atoms with Crippen LogP contribution in [0.2, 0.25) is 0 Å². The molecule has 2 aromatic rings. The molecule has 1 aliphatic carbocycles. The van der Waals surface area contributed by atoms with Crippen molar-refractivity contribution in [1.29, 1.82) is 0 Å². The molecule has 0 unspecified atom stereocenters. The number of amides is 1. The summed E-state index contributed by atoms with van der Waals surface area (Å²) in [6.07, 6.45) is 9.36. The molecule has 0 atom stereocenters. The minimum absolute atomic E-state index is 0.118. The summed E-state index contributed by atoms with van der Waals surface area (Å²) >= 11 is 0. The molecule has 0 bridgehead atoms. The van der Waals surface area contributed by atoms with Crippen LogP contribution in [0, 0.1) is 11.8 Å². The standard InChI is InChI=1S/C20H23N3O/c24-20(23-19-10-12-21-13-11-19)18-8-6-17(7-9-18)15-22-14-16-4-2-1-3-5-16/h1-5,10-14,17-18H,6-9,15H2,(H,21,23,24). The Bertz CT molecular complexity index is 662.